The van der Waals surface area contributed by atoms with Gasteiger partial charge in [0.05, 0.1) is 5.69 Å². The molecule has 0 aliphatic carbocycles. The van der Waals surface area contributed by atoms with Gasteiger partial charge in [-0.3, -0.25) is 0 Å². The van der Waals surface area contributed by atoms with Crippen LogP contribution in [0, 0.1) is 13.8 Å². The largest absolute Gasteiger partial charge is 0.310 e. The van der Waals surface area contributed by atoms with Crippen molar-refractivity contribution >= 4 is 70.6 Å². The molecule has 60 heavy (non-hydrogen) atoms. The van der Waals surface area contributed by atoms with E-state index in [-0.39, 0.29) is 0 Å². The van der Waals surface area contributed by atoms with Crippen molar-refractivity contribution in [2.24, 2.45) is 0 Å². The van der Waals surface area contributed by atoms with Crippen molar-refractivity contribution in [2.75, 3.05) is 9.80 Å². The maximum atomic E-state index is 2.37. The van der Waals surface area contributed by atoms with E-state index < -0.39 is 0 Å². The lowest BCUT2D eigenvalue weighted by molar-refractivity contribution is 1.24. The summed E-state index contributed by atoms with van der Waals surface area (Å²) in [6.07, 6.45) is 17.3. The molecule has 8 aromatic rings. The van der Waals surface area contributed by atoms with Crippen LogP contribution in [-0.4, -0.2) is 0 Å². The zero-order chi connectivity index (χ0) is 40.9. The molecule has 2 heteroatoms. The van der Waals surface area contributed by atoms with Crippen molar-refractivity contribution in [3.05, 3.63) is 263 Å². The molecule has 8 aromatic carbocycles. The summed E-state index contributed by atoms with van der Waals surface area (Å²) in [6, 6.07) is 73.3. The highest BCUT2D eigenvalue weighted by atomic mass is 15.2. The van der Waals surface area contributed by atoms with Crippen LogP contribution < -0.4 is 9.80 Å². The number of anilines is 6. The number of rotatable bonds is 13. The first-order valence-corrected chi connectivity index (χ1v) is 20.5. The van der Waals surface area contributed by atoms with Gasteiger partial charge < -0.3 is 9.80 Å². The van der Waals surface area contributed by atoms with Crippen molar-refractivity contribution in [1.82, 2.24) is 0 Å². The summed E-state index contributed by atoms with van der Waals surface area (Å²) in [7, 11) is 0. The van der Waals surface area contributed by atoms with Crippen LogP contribution in [0.15, 0.2) is 218 Å². The quantitative estimate of drug-likeness (QED) is 0.0851. The average molecular weight is 773 g/mol. The molecule has 0 aliphatic rings. The smallest absolute Gasteiger partial charge is 0.0554 e. The number of allylic oxidation sites excluding steroid dienone is 2. The summed E-state index contributed by atoms with van der Waals surface area (Å²) >= 11 is 0. The fraction of sp³-hybridized carbons (Fsp3) is 0.0345. The first kappa shape index (κ1) is 39.2. The summed E-state index contributed by atoms with van der Waals surface area (Å²) < 4.78 is 0. The molecule has 0 aliphatic heterocycles. The molecule has 0 heterocycles. The number of aryl methyl sites for hydroxylation is 2. The summed E-state index contributed by atoms with van der Waals surface area (Å²) in [4.78, 5) is 4.72. The first-order valence-electron chi connectivity index (χ1n) is 20.5. The number of benzene rings is 8. The van der Waals surface area contributed by atoms with E-state index >= 15 is 0 Å². The minimum absolute atomic E-state index is 1.05. The van der Waals surface area contributed by atoms with Gasteiger partial charge in [0, 0.05) is 28.4 Å². The van der Waals surface area contributed by atoms with E-state index in [9.17, 15) is 0 Å². The lowest BCUT2D eigenvalue weighted by atomic mass is 10.0. The molecule has 0 spiro atoms. The molecule has 0 radical (unpaired) electrons. The molecular formula is C58H48N2. The van der Waals surface area contributed by atoms with E-state index in [2.05, 4.69) is 260 Å². The summed E-state index contributed by atoms with van der Waals surface area (Å²) in [6.45, 7) is 4.27. The molecule has 0 N–H and O–H groups in total. The predicted octanol–water partition coefficient (Wildman–Crippen LogP) is 16.3. The van der Waals surface area contributed by atoms with E-state index in [0.29, 0.717) is 0 Å². The van der Waals surface area contributed by atoms with E-state index in [1.165, 1.54) is 22.3 Å². The summed E-state index contributed by atoms with van der Waals surface area (Å²) in [5.74, 6) is 0. The lowest BCUT2D eigenvalue weighted by Gasteiger charge is -2.31. The molecule has 0 atom stereocenters. The Morgan fingerprint density at radius 3 is 1.05 bits per heavy atom. The SMILES string of the molecule is Cc1ccc(N(c2ccc(/C=C/c3ccccc3)cc2)c2ccc(/C=C/C=C/c3ccccc3)c(N(c3ccc(C)cc3)c3ccc(/C=C/c4ccccc4)cc3)c2)cc1. The van der Waals surface area contributed by atoms with Crippen molar-refractivity contribution in [3.8, 4) is 0 Å². The minimum atomic E-state index is 1.05. The van der Waals surface area contributed by atoms with Crippen LogP contribution in [0.2, 0.25) is 0 Å². The third-order valence-corrected chi connectivity index (χ3v) is 10.4. The average Bonchev–Trinajstić information content (AvgIpc) is 3.30. The fourth-order valence-corrected chi connectivity index (χ4v) is 7.14. The van der Waals surface area contributed by atoms with Gasteiger partial charge in [0.15, 0.2) is 0 Å². The van der Waals surface area contributed by atoms with Crippen LogP contribution >= 0.6 is 0 Å². The minimum Gasteiger partial charge on any atom is -0.310 e. The second-order valence-corrected chi connectivity index (χ2v) is 14.9. The maximum Gasteiger partial charge on any atom is 0.0554 e. The number of hydrogen-bond donors (Lipinski definition) is 0. The Morgan fingerprint density at radius 2 is 0.617 bits per heavy atom. The highest BCUT2D eigenvalue weighted by molar-refractivity contribution is 5.88. The molecule has 0 amide bonds. The molecule has 0 aromatic heterocycles. The van der Waals surface area contributed by atoms with Gasteiger partial charge in [-0.05, 0) is 108 Å². The predicted molar refractivity (Wildman–Crippen MR) is 261 cm³/mol. The number of nitrogens with zero attached hydrogens (tertiary/aromatic N) is 2. The third-order valence-electron chi connectivity index (χ3n) is 10.4. The zero-order valence-electron chi connectivity index (χ0n) is 34.1. The van der Waals surface area contributed by atoms with E-state index in [1.54, 1.807) is 0 Å². The van der Waals surface area contributed by atoms with Crippen molar-refractivity contribution in [1.29, 1.82) is 0 Å². The molecule has 8 rings (SSSR count). The van der Waals surface area contributed by atoms with Crippen molar-refractivity contribution in [3.63, 3.8) is 0 Å². The molecule has 0 saturated carbocycles. The third kappa shape index (κ3) is 10.1. The Bertz CT molecular complexity index is 2710. The van der Waals surface area contributed by atoms with Crippen LogP contribution in [0.3, 0.4) is 0 Å². The fourth-order valence-electron chi connectivity index (χ4n) is 7.14. The van der Waals surface area contributed by atoms with E-state index in [1.807, 2.05) is 18.2 Å². The van der Waals surface area contributed by atoms with Gasteiger partial charge >= 0.3 is 0 Å². The normalized spacial score (nSPS) is 11.6. The van der Waals surface area contributed by atoms with Gasteiger partial charge in [0.1, 0.15) is 0 Å². The molecular weight excluding hydrogens is 725 g/mol. The van der Waals surface area contributed by atoms with Crippen molar-refractivity contribution < 1.29 is 0 Å². The second kappa shape index (κ2) is 19.2. The van der Waals surface area contributed by atoms with Crippen LogP contribution in [0.5, 0.6) is 0 Å². The Morgan fingerprint density at radius 1 is 0.283 bits per heavy atom. The molecule has 290 valence electrons. The topological polar surface area (TPSA) is 6.48 Å². The standard InChI is InChI=1S/C58H48N2/c1-45-22-35-53(36-23-45)59(54-39-30-50(31-40-54)28-26-48-16-8-4-9-17-48)57-43-34-52(21-13-12-20-47-14-6-3-7-15-47)58(44-57)60(55-37-24-46(2)25-38-55)56-41-32-51(33-42-56)29-27-49-18-10-5-11-19-49/h3-44H,1-2H3/b20-12+,21-13+,28-26+,29-27+. The highest BCUT2D eigenvalue weighted by Crippen LogP contribution is 2.43. The maximum absolute atomic E-state index is 2.37. The van der Waals surface area contributed by atoms with Gasteiger partial charge in [-0.25, -0.2) is 0 Å². The number of hydrogen-bond acceptors (Lipinski definition) is 2. The molecule has 0 fully saturated rings. The summed E-state index contributed by atoms with van der Waals surface area (Å²) in [5.41, 5.74) is 15.8. The van der Waals surface area contributed by atoms with Crippen LogP contribution in [0.4, 0.5) is 34.1 Å². The Kier molecular flexibility index (Phi) is 12.5. The molecule has 0 saturated heterocycles. The van der Waals surface area contributed by atoms with Gasteiger partial charge in [-0.15, -0.1) is 0 Å². The second-order valence-electron chi connectivity index (χ2n) is 14.9. The Balaban J connectivity index is 1.24. The van der Waals surface area contributed by atoms with Crippen molar-refractivity contribution in [2.45, 2.75) is 13.8 Å². The lowest BCUT2D eigenvalue weighted by Crippen LogP contribution is -2.14. The monoisotopic (exact) mass is 772 g/mol. The van der Waals surface area contributed by atoms with Crippen LogP contribution in [-0.2, 0) is 0 Å². The molecule has 2 nitrogen and oxygen atoms in total. The van der Waals surface area contributed by atoms with E-state index in [0.717, 1.165) is 56.4 Å². The Labute approximate surface area is 355 Å². The highest BCUT2D eigenvalue weighted by Gasteiger charge is 2.20. The van der Waals surface area contributed by atoms with Gasteiger partial charge in [0.25, 0.3) is 0 Å². The van der Waals surface area contributed by atoms with Crippen LogP contribution in [0.1, 0.15) is 44.5 Å². The van der Waals surface area contributed by atoms with Gasteiger partial charge in [-0.1, -0.05) is 205 Å². The zero-order valence-corrected chi connectivity index (χ0v) is 34.1. The summed E-state index contributed by atoms with van der Waals surface area (Å²) in [5, 5.41) is 0. The van der Waals surface area contributed by atoms with E-state index in [4.69, 9.17) is 0 Å². The molecule has 0 bridgehead atoms. The molecule has 0 unspecified atom stereocenters. The Hall–Kier alpha value is -7.68. The van der Waals surface area contributed by atoms with Gasteiger partial charge in [-0.2, -0.15) is 0 Å². The van der Waals surface area contributed by atoms with Crippen LogP contribution in [0.25, 0.3) is 36.5 Å². The van der Waals surface area contributed by atoms with Gasteiger partial charge in [0.2, 0.25) is 0 Å². The first-order chi connectivity index (χ1) is 29.6.